The molecule has 1 aromatic rings. The zero-order chi connectivity index (χ0) is 15.4. The summed E-state index contributed by atoms with van der Waals surface area (Å²) in [5.74, 6) is -0.455. The van der Waals surface area contributed by atoms with Gasteiger partial charge in [-0.15, -0.1) is 0 Å². The van der Waals surface area contributed by atoms with E-state index in [2.05, 4.69) is 5.10 Å². The number of aryl methyl sites for hydroxylation is 2. The van der Waals surface area contributed by atoms with Gasteiger partial charge in [0.15, 0.2) is 0 Å². The van der Waals surface area contributed by atoms with Gasteiger partial charge in [0.25, 0.3) is 5.91 Å². The van der Waals surface area contributed by atoms with Crippen molar-refractivity contribution in [3.8, 4) is 0 Å². The van der Waals surface area contributed by atoms with Crippen LogP contribution in [0.5, 0.6) is 0 Å². The molecule has 2 rings (SSSR count). The monoisotopic (exact) mass is 293 g/mol. The van der Waals surface area contributed by atoms with Crippen LogP contribution < -0.4 is 0 Å². The molecule has 0 saturated carbocycles. The minimum absolute atomic E-state index is 0.0496. The molecule has 0 N–H and O–H groups in total. The van der Waals surface area contributed by atoms with E-state index in [4.69, 9.17) is 4.74 Å². The van der Waals surface area contributed by atoms with Crippen LogP contribution in [-0.4, -0.2) is 46.3 Å². The Bertz CT molecular complexity index is 524. The van der Waals surface area contributed by atoms with Crippen LogP contribution in [0.2, 0.25) is 0 Å². The molecule has 0 aliphatic carbocycles. The van der Waals surface area contributed by atoms with E-state index < -0.39 is 0 Å². The summed E-state index contributed by atoms with van der Waals surface area (Å²) in [4.78, 5) is 26.2. The van der Waals surface area contributed by atoms with E-state index >= 15 is 0 Å². The largest absolute Gasteiger partial charge is 0.466 e. The van der Waals surface area contributed by atoms with Crippen molar-refractivity contribution in [2.24, 2.45) is 5.92 Å². The number of esters is 1. The molecule has 116 valence electrons. The molecule has 1 amide bonds. The average Bonchev–Trinajstić information content (AvgIpc) is 2.88. The minimum atomic E-state index is -0.207. The summed E-state index contributed by atoms with van der Waals surface area (Å²) >= 11 is 0. The number of nitrogens with zero attached hydrogens (tertiary/aromatic N) is 3. The van der Waals surface area contributed by atoms with E-state index in [1.165, 1.54) is 0 Å². The van der Waals surface area contributed by atoms with Crippen molar-refractivity contribution in [1.29, 1.82) is 0 Å². The molecule has 21 heavy (non-hydrogen) atoms. The standard InChI is InChI=1S/C15H23N3O3/c1-4-18-13(9-11(3)16-18)14(19)17-8-6-7-12(10-17)15(20)21-5-2/h9,12H,4-8,10H2,1-3H3/t12-/m0/s1. The Morgan fingerprint density at radius 1 is 1.43 bits per heavy atom. The van der Waals surface area contributed by atoms with Crippen LogP contribution >= 0.6 is 0 Å². The van der Waals surface area contributed by atoms with Gasteiger partial charge < -0.3 is 9.64 Å². The van der Waals surface area contributed by atoms with E-state index in [1.54, 1.807) is 22.6 Å². The normalized spacial score (nSPS) is 18.6. The van der Waals surface area contributed by atoms with E-state index in [-0.39, 0.29) is 17.8 Å². The average molecular weight is 293 g/mol. The lowest BCUT2D eigenvalue weighted by atomic mass is 9.98. The number of amides is 1. The molecule has 0 aromatic carbocycles. The molecule has 1 aliphatic rings. The topological polar surface area (TPSA) is 64.4 Å². The van der Waals surface area contributed by atoms with Gasteiger partial charge in [-0.3, -0.25) is 14.3 Å². The van der Waals surface area contributed by atoms with Crippen molar-refractivity contribution in [1.82, 2.24) is 14.7 Å². The van der Waals surface area contributed by atoms with E-state index in [0.29, 0.717) is 31.9 Å². The molecule has 1 aliphatic heterocycles. The van der Waals surface area contributed by atoms with Crippen molar-refractivity contribution in [2.75, 3.05) is 19.7 Å². The maximum atomic E-state index is 12.6. The number of aromatic nitrogens is 2. The van der Waals surface area contributed by atoms with E-state index in [9.17, 15) is 9.59 Å². The molecule has 6 nitrogen and oxygen atoms in total. The van der Waals surface area contributed by atoms with Crippen LogP contribution in [0, 0.1) is 12.8 Å². The number of rotatable bonds is 4. The van der Waals surface area contributed by atoms with E-state index in [1.807, 2.05) is 13.8 Å². The van der Waals surface area contributed by atoms with E-state index in [0.717, 1.165) is 18.5 Å². The molecule has 1 fully saturated rings. The summed E-state index contributed by atoms with van der Waals surface area (Å²) in [6, 6.07) is 1.81. The van der Waals surface area contributed by atoms with Gasteiger partial charge in [0.2, 0.25) is 0 Å². The Balaban J connectivity index is 2.10. The Labute approximate surface area is 125 Å². The van der Waals surface area contributed by atoms with Gasteiger partial charge >= 0.3 is 5.97 Å². The van der Waals surface area contributed by atoms with Crippen LogP contribution in [0.1, 0.15) is 42.9 Å². The Hall–Kier alpha value is -1.85. The maximum Gasteiger partial charge on any atom is 0.310 e. The first kappa shape index (κ1) is 15.5. The zero-order valence-corrected chi connectivity index (χ0v) is 13.0. The fourth-order valence-electron chi connectivity index (χ4n) is 2.73. The van der Waals surface area contributed by atoms with Crippen molar-refractivity contribution in [2.45, 2.75) is 40.2 Å². The van der Waals surface area contributed by atoms with Crippen LogP contribution in [-0.2, 0) is 16.1 Å². The highest BCUT2D eigenvalue weighted by molar-refractivity contribution is 5.93. The number of carbonyl (C=O) groups excluding carboxylic acids is 2. The predicted octanol–water partition coefficient (Wildman–Crippen LogP) is 1.63. The smallest absolute Gasteiger partial charge is 0.310 e. The van der Waals surface area contributed by atoms with Gasteiger partial charge in [-0.1, -0.05) is 0 Å². The van der Waals surface area contributed by atoms with Gasteiger partial charge in [-0.2, -0.15) is 5.10 Å². The van der Waals surface area contributed by atoms with Crippen LogP contribution in [0.3, 0.4) is 0 Å². The van der Waals surface area contributed by atoms with Gasteiger partial charge in [0, 0.05) is 19.6 Å². The quantitative estimate of drug-likeness (QED) is 0.791. The van der Waals surface area contributed by atoms with Gasteiger partial charge in [0.1, 0.15) is 5.69 Å². The van der Waals surface area contributed by atoms with Gasteiger partial charge in [0.05, 0.1) is 18.2 Å². The van der Waals surface area contributed by atoms with Crippen molar-refractivity contribution in [3.63, 3.8) is 0 Å². The first-order valence-electron chi connectivity index (χ1n) is 7.57. The molecular weight excluding hydrogens is 270 g/mol. The van der Waals surface area contributed by atoms with Gasteiger partial charge in [-0.05, 0) is 39.7 Å². The van der Waals surface area contributed by atoms with Crippen molar-refractivity contribution in [3.05, 3.63) is 17.5 Å². The Morgan fingerprint density at radius 2 is 2.19 bits per heavy atom. The van der Waals surface area contributed by atoms with Crippen molar-refractivity contribution < 1.29 is 14.3 Å². The molecule has 1 saturated heterocycles. The third-order valence-corrected chi connectivity index (χ3v) is 3.75. The molecule has 0 spiro atoms. The lowest BCUT2D eigenvalue weighted by Crippen LogP contribution is -2.43. The minimum Gasteiger partial charge on any atom is -0.466 e. The summed E-state index contributed by atoms with van der Waals surface area (Å²) in [6.07, 6.45) is 1.61. The van der Waals surface area contributed by atoms with Crippen LogP contribution in [0.25, 0.3) is 0 Å². The number of hydrogen-bond donors (Lipinski definition) is 0. The number of piperidine rings is 1. The van der Waals surface area contributed by atoms with Crippen molar-refractivity contribution >= 4 is 11.9 Å². The third kappa shape index (κ3) is 3.43. The molecule has 1 aromatic heterocycles. The summed E-state index contributed by atoms with van der Waals surface area (Å²) in [7, 11) is 0. The third-order valence-electron chi connectivity index (χ3n) is 3.75. The lowest BCUT2D eigenvalue weighted by molar-refractivity contribution is -0.149. The Morgan fingerprint density at radius 3 is 2.86 bits per heavy atom. The molecule has 1 atom stereocenters. The SMILES string of the molecule is CCOC(=O)[C@H]1CCCN(C(=O)c2cc(C)nn2CC)C1. The van der Waals surface area contributed by atoms with Crippen LogP contribution in [0.15, 0.2) is 6.07 Å². The highest BCUT2D eigenvalue weighted by Crippen LogP contribution is 2.20. The maximum absolute atomic E-state index is 12.6. The number of hydrogen-bond acceptors (Lipinski definition) is 4. The highest BCUT2D eigenvalue weighted by Gasteiger charge is 2.31. The van der Waals surface area contributed by atoms with Gasteiger partial charge in [-0.25, -0.2) is 0 Å². The lowest BCUT2D eigenvalue weighted by Gasteiger charge is -2.31. The molecule has 0 bridgehead atoms. The molecule has 2 heterocycles. The zero-order valence-electron chi connectivity index (χ0n) is 13.0. The summed E-state index contributed by atoms with van der Waals surface area (Å²) < 4.78 is 6.78. The fraction of sp³-hybridized carbons (Fsp3) is 0.667. The summed E-state index contributed by atoms with van der Waals surface area (Å²) in [6.45, 7) is 7.79. The fourth-order valence-corrected chi connectivity index (χ4v) is 2.73. The highest BCUT2D eigenvalue weighted by atomic mass is 16.5. The molecule has 0 unspecified atom stereocenters. The molecule has 0 radical (unpaired) electrons. The second-order valence-corrected chi connectivity index (χ2v) is 5.33. The number of likely N-dealkylation sites (tertiary alicyclic amines) is 1. The predicted molar refractivity (Wildman–Crippen MR) is 77.9 cm³/mol. The molecule has 6 heteroatoms. The number of carbonyl (C=O) groups is 2. The first-order chi connectivity index (χ1) is 10.1. The summed E-state index contributed by atoms with van der Waals surface area (Å²) in [5.41, 5.74) is 1.43. The summed E-state index contributed by atoms with van der Waals surface area (Å²) in [5, 5.41) is 4.31. The molecular formula is C15H23N3O3. The second kappa shape index (κ2) is 6.74. The second-order valence-electron chi connectivity index (χ2n) is 5.33. The Kier molecular flexibility index (Phi) is 4.98. The first-order valence-corrected chi connectivity index (χ1v) is 7.57. The van der Waals surface area contributed by atoms with Crippen LogP contribution in [0.4, 0.5) is 0 Å². The number of ether oxygens (including phenoxy) is 1.